The van der Waals surface area contributed by atoms with E-state index in [0.29, 0.717) is 13.0 Å². The molecule has 92 valence electrons. The average Bonchev–Trinajstić information content (AvgIpc) is 2.57. The van der Waals surface area contributed by atoms with Crippen LogP contribution in [0.3, 0.4) is 0 Å². The van der Waals surface area contributed by atoms with E-state index in [1.54, 1.807) is 0 Å². The van der Waals surface area contributed by atoms with E-state index in [-0.39, 0.29) is 11.9 Å². The molecule has 1 aliphatic carbocycles. The van der Waals surface area contributed by atoms with Crippen molar-refractivity contribution in [3.63, 3.8) is 0 Å². The minimum Gasteiger partial charge on any atom is -0.389 e. The molecule has 1 unspecified atom stereocenters. The van der Waals surface area contributed by atoms with Crippen molar-refractivity contribution >= 4 is 5.91 Å². The summed E-state index contributed by atoms with van der Waals surface area (Å²) in [5.41, 5.74) is -0.511. The van der Waals surface area contributed by atoms with Gasteiger partial charge in [-0.25, -0.2) is 0 Å². The van der Waals surface area contributed by atoms with Gasteiger partial charge in [-0.1, -0.05) is 12.8 Å². The third-order valence-electron chi connectivity index (χ3n) is 3.74. The first-order valence-corrected chi connectivity index (χ1v) is 6.40. The summed E-state index contributed by atoms with van der Waals surface area (Å²) in [6.07, 6.45) is 6.66. The van der Waals surface area contributed by atoms with Crippen molar-refractivity contribution in [2.24, 2.45) is 0 Å². The number of nitrogens with one attached hydrogen (secondary N) is 2. The Bertz CT molecular complexity index is 249. The lowest BCUT2D eigenvalue weighted by atomic mass is 10.0. The highest BCUT2D eigenvalue weighted by Crippen LogP contribution is 2.28. The maximum atomic E-state index is 11.4. The van der Waals surface area contributed by atoms with Gasteiger partial charge in [-0.3, -0.25) is 4.79 Å². The molecule has 1 amide bonds. The quantitative estimate of drug-likeness (QED) is 0.658. The van der Waals surface area contributed by atoms with Crippen LogP contribution in [0.1, 0.15) is 44.9 Å². The van der Waals surface area contributed by atoms with E-state index in [2.05, 4.69) is 10.6 Å². The zero-order valence-corrected chi connectivity index (χ0v) is 9.80. The Balaban J connectivity index is 1.77. The molecule has 2 fully saturated rings. The van der Waals surface area contributed by atoms with Crippen LogP contribution in [0.4, 0.5) is 0 Å². The van der Waals surface area contributed by atoms with E-state index in [1.807, 2.05) is 0 Å². The fourth-order valence-electron chi connectivity index (χ4n) is 2.69. The van der Waals surface area contributed by atoms with Crippen molar-refractivity contribution in [1.29, 1.82) is 0 Å². The van der Waals surface area contributed by atoms with Gasteiger partial charge in [-0.2, -0.15) is 0 Å². The van der Waals surface area contributed by atoms with Gasteiger partial charge >= 0.3 is 0 Å². The summed E-state index contributed by atoms with van der Waals surface area (Å²) in [5, 5.41) is 16.4. The van der Waals surface area contributed by atoms with Crippen molar-refractivity contribution in [2.45, 2.75) is 56.6 Å². The lowest BCUT2D eigenvalue weighted by Gasteiger charge is -2.25. The lowest BCUT2D eigenvalue weighted by molar-refractivity contribution is -0.121. The van der Waals surface area contributed by atoms with Crippen LogP contribution in [0, 0.1) is 0 Å². The number of rotatable bonds is 3. The van der Waals surface area contributed by atoms with Crippen LogP contribution < -0.4 is 10.6 Å². The van der Waals surface area contributed by atoms with Crippen LogP contribution in [0.2, 0.25) is 0 Å². The van der Waals surface area contributed by atoms with E-state index in [9.17, 15) is 9.90 Å². The maximum absolute atomic E-state index is 11.4. The van der Waals surface area contributed by atoms with Crippen LogP contribution >= 0.6 is 0 Å². The zero-order chi connectivity index (χ0) is 11.4. The smallest absolute Gasteiger partial charge is 0.221 e. The SMILES string of the molecule is O=C1CC(NCC2(O)CCCC2)CCCN1. The van der Waals surface area contributed by atoms with Gasteiger partial charge in [0.05, 0.1) is 5.60 Å². The summed E-state index contributed by atoms with van der Waals surface area (Å²) in [6, 6.07) is 0.243. The van der Waals surface area contributed by atoms with Crippen molar-refractivity contribution in [3.05, 3.63) is 0 Å². The third kappa shape index (κ3) is 3.19. The molecule has 1 saturated heterocycles. The molecule has 4 heteroatoms. The predicted molar refractivity (Wildman–Crippen MR) is 62.1 cm³/mol. The summed E-state index contributed by atoms with van der Waals surface area (Å²) < 4.78 is 0. The van der Waals surface area contributed by atoms with Crippen LogP contribution in [0.15, 0.2) is 0 Å². The highest BCUT2D eigenvalue weighted by molar-refractivity contribution is 5.76. The highest BCUT2D eigenvalue weighted by atomic mass is 16.3. The van der Waals surface area contributed by atoms with Gasteiger partial charge in [0, 0.05) is 25.6 Å². The molecule has 2 aliphatic rings. The monoisotopic (exact) mass is 226 g/mol. The fourth-order valence-corrected chi connectivity index (χ4v) is 2.69. The Morgan fingerprint density at radius 2 is 2.12 bits per heavy atom. The molecule has 1 atom stereocenters. The van der Waals surface area contributed by atoms with E-state index < -0.39 is 5.60 Å². The third-order valence-corrected chi connectivity index (χ3v) is 3.74. The maximum Gasteiger partial charge on any atom is 0.221 e. The largest absolute Gasteiger partial charge is 0.389 e. The number of hydrogen-bond acceptors (Lipinski definition) is 3. The van der Waals surface area contributed by atoms with Crippen molar-refractivity contribution in [3.8, 4) is 0 Å². The molecule has 2 rings (SSSR count). The Morgan fingerprint density at radius 3 is 2.88 bits per heavy atom. The summed E-state index contributed by atoms with van der Waals surface area (Å²) in [5.74, 6) is 0.133. The highest BCUT2D eigenvalue weighted by Gasteiger charge is 2.31. The van der Waals surface area contributed by atoms with Crippen LogP contribution in [-0.2, 0) is 4.79 Å². The molecule has 4 nitrogen and oxygen atoms in total. The molecule has 1 heterocycles. The van der Waals surface area contributed by atoms with E-state index in [0.717, 1.165) is 45.1 Å². The van der Waals surface area contributed by atoms with Gasteiger partial charge in [0.15, 0.2) is 0 Å². The minimum absolute atomic E-state index is 0.133. The number of carbonyl (C=O) groups excluding carboxylic acids is 1. The predicted octanol–water partition coefficient (Wildman–Crippen LogP) is 0.550. The Labute approximate surface area is 96.8 Å². The van der Waals surface area contributed by atoms with Crippen LogP contribution in [0.5, 0.6) is 0 Å². The lowest BCUT2D eigenvalue weighted by Crippen LogP contribution is -2.43. The van der Waals surface area contributed by atoms with Gasteiger partial charge in [-0.15, -0.1) is 0 Å². The molecule has 0 aromatic rings. The standard InChI is InChI=1S/C12H22N2O2/c15-11-8-10(4-3-7-13-11)14-9-12(16)5-1-2-6-12/h10,14,16H,1-9H2,(H,13,15). The van der Waals surface area contributed by atoms with Crippen LogP contribution in [-0.4, -0.2) is 35.7 Å². The van der Waals surface area contributed by atoms with Crippen molar-refractivity contribution in [2.75, 3.05) is 13.1 Å². The second kappa shape index (κ2) is 5.15. The Hall–Kier alpha value is -0.610. The first kappa shape index (κ1) is 11.9. The summed E-state index contributed by atoms with van der Waals surface area (Å²) in [4.78, 5) is 11.4. The second-order valence-corrected chi connectivity index (χ2v) is 5.21. The van der Waals surface area contributed by atoms with Gasteiger partial charge < -0.3 is 15.7 Å². The molecule has 0 spiro atoms. The number of amides is 1. The summed E-state index contributed by atoms with van der Waals surface area (Å²) in [7, 11) is 0. The van der Waals surface area contributed by atoms with Gasteiger partial charge in [0.2, 0.25) is 5.91 Å². The summed E-state index contributed by atoms with van der Waals surface area (Å²) >= 11 is 0. The van der Waals surface area contributed by atoms with Gasteiger partial charge in [0.25, 0.3) is 0 Å². The van der Waals surface area contributed by atoms with Crippen molar-refractivity contribution < 1.29 is 9.90 Å². The number of hydrogen-bond donors (Lipinski definition) is 3. The summed E-state index contributed by atoms with van der Waals surface area (Å²) in [6.45, 7) is 1.44. The van der Waals surface area contributed by atoms with Gasteiger partial charge in [0.1, 0.15) is 0 Å². The first-order chi connectivity index (χ1) is 7.68. The number of aliphatic hydroxyl groups is 1. The van der Waals surface area contributed by atoms with Gasteiger partial charge in [-0.05, 0) is 25.7 Å². The molecule has 0 aromatic carbocycles. The van der Waals surface area contributed by atoms with Crippen LogP contribution in [0.25, 0.3) is 0 Å². The fraction of sp³-hybridized carbons (Fsp3) is 0.917. The molecule has 3 N–H and O–H groups in total. The molecular weight excluding hydrogens is 204 g/mol. The molecular formula is C12H22N2O2. The molecule has 1 saturated carbocycles. The zero-order valence-electron chi connectivity index (χ0n) is 9.80. The van der Waals surface area contributed by atoms with E-state index in [4.69, 9.17) is 0 Å². The van der Waals surface area contributed by atoms with Crippen molar-refractivity contribution in [1.82, 2.24) is 10.6 Å². The Kier molecular flexibility index (Phi) is 3.82. The van der Waals surface area contributed by atoms with E-state index >= 15 is 0 Å². The molecule has 0 aromatic heterocycles. The topological polar surface area (TPSA) is 61.4 Å². The molecule has 0 bridgehead atoms. The second-order valence-electron chi connectivity index (χ2n) is 5.21. The normalized spacial score (nSPS) is 29.8. The van der Waals surface area contributed by atoms with E-state index in [1.165, 1.54) is 0 Å². The molecule has 1 aliphatic heterocycles. The Morgan fingerprint density at radius 1 is 1.38 bits per heavy atom. The molecule has 0 radical (unpaired) electrons. The number of carbonyl (C=O) groups is 1. The minimum atomic E-state index is -0.511. The molecule has 16 heavy (non-hydrogen) atoms. The first-order valence-electron chi connectivity index (χ1n) is 6.40. The average molecular weight is 226 g/mol.